The number of hydrogen-bond acceptors (Lipinski definition) is 1. The van der Waals surface area contributed by atoms with E-state index in [0.29, 0.717) is 0 Å². The second kappa shape index (κ2) is 5.02. The van der Waals surface area contributed by atoms with Crippen molar-refractivity contribution in [2.24, 2.45) is 0 Å². The first-order chi connectivity index (χ1) is 9.31. The fraction of sp³-hybridized carbons (Fsp3) is 0.222. The topological polar surface area (TPSA) is 20.2 Å². The highest BCUT2D eigenvalue weighted by molar-refractivity contribution is 5.44. The lowest BCUT2D eigenvalue weighted by atomic mass is 9.86. The van der Waals surface area contributed by atoms with Gasteiger partial charge in [0.2, 0.25) is 0 Å². The molecule has 0 unspecified atom stereocenters. The highest BCUT2D eigenvalue weighted by atomic mass is 16.3. The Morgan fingerprint density at radius 3 is 2.26 bits per heavy atom. The third-order valence-electron chi connectivity index (χ3n) is 4.01. The molecule has 2 aromatic carbocycles. The zero-order valence-corrected chi connectivity index (χ0v) is 10.9. The average Bonchev–Trinajstić information content (AvgIpc) is 2.56. The molecule has 96 valence electrons. The van der Waals surface area contributed by atoms with Gasteiger partial charge in [0.15, 0.2) is 0 Å². The molecule has 0 saturated heterocycles. The van der Waals surface area contributed by atoms with Crippen LogP contribution in [0.25, 0.3) is 0 Å². The van der Waals surface area contributed by atoms with Gasteiger partial charge in [-0.1, -0.05) is 54.6 Å². The molecule has 1 heteroatoms. The van der Waals surface area contributed by atoms with Gasteiger partial charge < -0.3 is 5.11 Å². The van der Waals surface area contributed by atoms with Crippen molar-refractivity contribution in [2.45, 2.75) is 24.9 Å². The van der Waals surface area contributed by atoms with Crippen LogP contribution in [0.15, 0.2) is 61.2 Å². The van der Waals surface area contributed by atoms with E-state index in [0.717, 1.165) is 18.4 Å². The minimum Gasteiger partial charge on any atom is -0.388 e. The van der Waals surface area contributed by atoms with Crippen molar-refractivity contribution in [1.82, 2.24) is 0 Å². The van der Waals surface area contributed by atoms with Crippen molar-refractivity contribution in [3.63, 3.8) is 0 Å². The summed E-state index contributed by atoms with van der Waals surface area (Å²) in [5.74, 6) is 0.109. The van der Waals surface area contributed by atoms with Gasteiger partial charge in [-0.15, -0.1) is 6.58 Å². The maximum Gasteiger partial charge on any atom is 0.0864 e. The SMILES string of the molecule is C=CC[C@H]1c2ccccc2Cc2ccccc2[C@@H]1O. The van der Waals surface area contributed by atoms with Gasteiger partial charge in [0.05, 0.1) is 6.10 Å². The minimum absolute atomic E-state index is 0.109. The van der Waals surface area contributed by atoms with E-state index in [2.05, 4.69) is 36.9 Å². The van der Waals surface area contributed by atoms with E-state index >= 15 is 0 Å². The van der Waals surface area contributed by atoms with Crippen molar-refractivity contribution >= 4 is 0 Å². The molecule has 19 heavy (non-hydrogen) atoms. The molecule has 0 spiro atoms. The predicted octanol–water partition coefficient (Wildman–Crippen LogP) is 3.98. The maximum atomic E-state index is 10.7. The van der Waals surface area contributed by atoms with E-state index in [1.54, 1.807) is 0 Å². The molecule has 0 amide bonds. The molecule has 0 bridgehead atoms. The zero-order chi connectivity index (χ0) is 13.2. The van der Waals surface area contributed by atoms with Gasteiger partial charge in [-0.05, 0) is 35.1 Å². The summed E-state index contributed by atoms with van der Waals surface area (Å²) in [5.41, 5.74) is 4.86. The third-order valence-corrected chi connectivity index (χ3v) is 4.01. The van der Waals surface area contributed by atoms with Crippen LogP contribution in [0, 0.1) is 0 Å². The molecule has 2 atom stereocenters. The zero-order valence-electron chi connectivity index (χ0n) is 10.9. The van der Waals surface area contributed by atoms with E-state index in [1.807, 2.05) is 24.3 Å². The molecule has 2 aromatic rings. The van der Waals surface area contributed by atoms with Crippen molar-refractivity contribution in [1.29, 1.82) is 0 Å². The van der Waals surface area contributed by atoms with Crippen molar-refractivity contribution in [3.05, 3.63) is 83.4 Å². The van der Waals surface area contributed by atoms with E-state index in [1.165, 1.54) is 16.7 Å². The molecular weight excluding hydrogens is 232 g/mol. The molecule has 0 fully saturated rings. The summed E-state index contributed by atoms with van der Waals surface area (Å²) in [6.45, 7) is 3.84. The Kier molecular flexibility index (Phi) is 3.22. The van der Waals surface area contributed by atoms with E-state index < -0.39 is 6.10 Å². The number of aliphatic hydroxyl groups excluding tert-OH is 1. The van der Waals surface area contributed by atoms with E-state index in [9.17, 15) is 5.11 Å². The molecule has 1 aliphatic rings. The van der Waals surface area contributed by atoms with Crippen LogP contribution in [0.3, 0.4) is 0 Å². The number of benzene rings is 2. The number of fused-ring (bicyclic) bond motifs is 2. The molecule has 3 rings (SSSR count). The lowest BCUT2D eigenvalue weighted by Gasteiger charge is -2.22. The predicted molar refractivity (Wildman–Crippen MR) is 78.2 cm³/mol. The Balaban J connectivity index is 2.18. The lowest BCUT2D eigenvalue weighted by molar-refractivity contribution is 0.145. The van der Waals surface area contributed by atoms with Crippen molar-refractivity contribution in [2.75, 3.05) is 0 Å². The molecule has 1 N–H and O–H groups in total. The number of rotatable bonds is 2. The molecule has 0 radical (unpaired) electrons. The van der Waals surface area contributed by atoms with Crippen LogP contribution in [-0.4, -0.2) is 5.11 Å². The number of hydrogen-bond donors (Lipinski definition) is 1. The highest BCUT2D eigenvalue weighted by Gasteiger charge is 2.28. The fourth-order valence-corrected chi connectivity index (χ4v) is 3.07. The first-order valence-electron chi connectivity index (χ1n) is 6.76. The smallest absolute Gasteiger partial charge is 0.0864 e. The molecule has 0 saturated carbocycles. The van der Waals surface area contributed by atoms with Crippen molar-refractivity contribution < 1.29 is 5.11 Å². The van der Waals surface area contributed by atoms with Gasteiger partial charge in [0, 0.05) is 5.92 Å². The molecule has 0 aromatic heterocycles. The lowest BCUT2D eigenvalue weighted by Crippen LogP contribution is -2.10. The summed E-state index contributed by atoms with van der Waals surface area (Å²) in [6.07, 6.45) is 3.15. The second-order valence-electron chi connectivity index (χ2n) is 5.15. The van der Waals surface area contributed by atoms with Gasteiger partial charge in [-0.3, -0.25) is 0 Å². The van der Waals surface area contributed by atoms with Gasteiger partial charge in [-0.2, -0.15) is 0 Å². The maximum absolute atomic E-state index is 10.7. The first-order valence-corrected chi connectivity index (χ1v) is 6.76. The highest BCUT2D eigenvalue weighted by Crippen LogP contribution is 2.40. The van der Waals surface area contributed by atoms with Crippen LogP contribution >= 0.6 is 0 Å². The first kappa shape index (κ1) is 12.2. The Bertz CT molecular complexity index is 600. The van der Waals surface area contributed by atoms with Gasteiger partial charge >= 0.3 is 0 Å². The summed E-state index contributed by atoms with van der Waals surface area (Å²) in [7, 11) is 0. The second-order valence-corrected chi connectivity index (χ2v) is 5.15. The Morgan fingerprint density at radius 1 is 1.00 bits per heavy atom. The molecule has 0 aliphatic heterocycles. The third kappa shape index (κ3) is 2.11. The van der Waals surface area contributed by atoms with Crippen LogP contribution in [0.2, 0.25) is 0 Å². The summed E-state index contributed by atoms with van der Waals surface area (Å²) in [5, 5.41) is 10.7. The van der Waals surface area contributed by atoms with Crippen LogP contribution in [0.4, 0.5) is 0 Å². The quantitative estimate of drug-likeness (QED) is 0.799. The van der Waals surface area contributed by atoms with Gasteiger partial charge in [0.25, 0.3) is 0 Å². The fourth-order valence-electron chi connectivity index (χ4n) is 3.07. The summed E-state index contributed by atoms with van der Waals surface area (Å²) in [6, 6.07) is 16.6. The van der Waals surface area contributed by atoms with Crippen LogP contribution < -0.4 is 0 Å². The molecule has 1 aliphatic carbocycles. The normalized spacial score (nSPS) is 21.1. The number of allylic oxidation sites excluding steroid dienone is 1. The van der Waals surface area contributed by atoms with Crippen LogP contribution in [0.5, 0.6) is 0 Å². The monoisotopic (exact) mass is 250 g/mol. The average molecular weight is 250 g/mol. The van der Waals surface area contributed by atoms with Crippen molar-refractivity contribution in [3.8, 4) is 0 Å². The van der Waals surface area contributed by atoms with Gasteiger partial charge in [0.1, 0.15) is 0 Å². The largest absolute Gasteiger partial charge is 0.388 e. The Labute approximate surface area is 114 Å². The summed E-state index contributed by atoms with van der Waals surface area (Å²) >= 11 is 0. The van der Waals surface area contributed by atoms with Crippen LogP contribution in [0.1, 0.15) is 40.7 Å². The molecular formula is C18H18O. The van der Waals surface area contributed by atoms with E-state index in [4.69, 9.17) is 0 Å². The molecule has 0 heterocycles. The Hall–Kier alpha value is -1.86. The summed E-state index contributed by atoms with van der Waals surface area (Å²) < 4.78 is 0. The minimum atomic E-state index is -0.446. The van der Waals surface area contributed by atoms with Gasteiger partial charge in [-0.25, -0.2) is 0 Å². The van der Waals surface area contributed by atoms with Crippen LogP contribution in [-0.2, 0) is 6.42 Å². The van der Waals surface area contributed by atoms with E-state index in [-0.39, 0.29) is 5.92 Å². The Morgan fingerprint density at radius 2 is 1.58 bits per heavy atom. The summed E-state index contributed by atoms with van der Waals surface area (Å²) in [4.78, 5) is 0. The standard InChI is InChI=1S/C18H18O/c1-2-7-17-15-10-5-3-8-13(15)12-14-9-4-6-11-16(14)18(17)19/h2-6,8-11,17-19H,1,7,12H2/t17-,18-/m0/s1. The number of aliphatic hydroxyl groups is 1. The molecule has 1 nitrogen and oxygen atoms in total.